The summed E-state index contributed by atoms with van der Waals surface area (Å²) < 4.78 is 5.80. The van der Waals surface area contributed by atoms with Gasteiger partial charge in [0.1, 0.15) is 0 Å². The standard InChI is InChI=1S/C10H16N2OS/c1-6-5-11-10(14-6)12-8-4-7-2-3-9(8)13-7/h6-9H,2-5H2,1H3,(H,11,12). The Morgan fingerprint density at radius 1 is 1.50 bits per heavy atom. The molecule has 4 atom stereocenters. The maximum Gasteiger partial charge on any atom is 0.157 e. The zero-order chi connectivity index (χ0) is 9.54. The summed E-state index contributed by atoms with van der Waals surface area (Å²) in [5.74, 6) is 0. The molecular weight excluding hydrogens is 196 g/mol. The highest BCUT2D eigenvalue weighted by Crippen LogP contribution is 2.35. The molecule has 2 bridgehead atoms. The van der Waals surface area contributed by atoms with Crippen LogP contribution in [0.15, 0.2) is 4.99 Å². The summed E-state index contributed by atoms with van der Waals surface area (Å²) in [4.78, 5) is 4.48. The van der Waals surface area contributed by atoms with Gasteiger partial charge in [0.25, 0.3) is 0 Å². The average molecular weight is 212 g/mol. The number of aliphatic imine (C=N–C) groups is 1. The topological polar surface area (TPSA) is 33.6 Å². The molecule has 3 rings (SSSR count). The van der Waals surface area contributed by atoms with Gasteiger partial charge in [-0.25, -0.2) is 0 Å². The molecule has 0 aromatic carbocycles. The van der Waals surface area contributed by atoms with E-state index in [1.165, 1.54) is 19.3 Å². The smallest absolute Gasteiger partial charge is 0.157 e. The fraction of sp³-hybridized carbons (Fsp3) is 0.900. The van der Waals surface area contributed by atoms with Crippen molar-refractivity contribution in [3.05, 3.63) is 0 Å². The van der Waals surface area contributed by atoms with Crippen LogP contribution in [0.25, 0.3) is 0 Å². The molecule has 3 aliphatic heterocycles. The summed E-state index contributed by atoms with van der Waals surface area (Å²) in [6.07, 6.45) is 4.66. The van der Waals surface area contributed by atoms with Crippen LogP contribution in [-0.4, -0.2) is 35.2 Å². The molecule has 4 unspecified atom stereocenters. The Morgan fingerprint density at radius 2 is 2.43 bits per heavy atom. The van der Waals surface area contributed by atoms with E-state index in [4.69, 9.17) is 4.74 Å². The van der Waals surface area contributed by atoms with Crippen LogP contribution in [0.1, 0.15) is 26.2 Å². The van der Waals surface area contributed by atoms with E-state index in [1.807, 2.05) is 11.8 Å². The molecule has 0 spiro atoms. The van der Waals surface area contributed by atoms with Crippen LogP contribution in [-0.2, 0) is 4.74 Å². The molecule has 78 valence electrons. The van der Waals surface area contributed by atoms with Crippen molar-refractivity contribution < 1.29 is 4.74 Å². The molecule has 0 aliphatic carbocycles. The average Bonchev–Trinajstić information content (AvgIpc) is 2.82. The van der Waals surface area contributed by atoms with Gasteiger partial charge in [-0.05, 0) is 19.3 Å². The second kappa shape index (κ2) is 3.42. The Balaban J connectivity index is 1.58. The van der Waals surface area contributed by atoms with Crippen LogP contribution in [0.4, 0.5) is 0 Å². The molecule has 14 heavy (non-hydrogen) atoms. The highest BCUT2D eigenvalue weighted by atomic mass is 32.2. The van der Waals surface area contributed by atoms with Crippen LogP contribution in [0.3, 0.4) is 0 Å². The maximum absolute atomic E-state index is 5.80. The monoisotopic (exact) mass is 212 g/mol. The van der Waals surface area contributed by atoms with Gasteiger partial charge in [0.05, 0.1) is 24.8 Å². The molecular formula is C10H16N2OS. The summed E-state index contributed by atoms with van der Waals surface area (Å²) in [6.45, 7) is 3.19. The van der Waals surface area contributed by atoms with Gasteiger partial charge in [-0.2, -0.15) is 0 Å². The molecule has 0 aromatic rings. The Labute approximate surface area is 88.7 Å². The SMILES string of the molecule is CC1CN=C(NC2CC3CCC2O3)S1. The largest absolute Gasteiger partial charge is 0.373 e. The molecule has 3 aliphatic rings. The van der Waals surface area contributed by atoms with E-state index in [0.29, 0.717) is 23.5 Å². The maximum atomic E-state index is 5.80. The van der Waals surface area contributed by atoms with Crippen LogP contribution < -0.4 is 5.32 Å². The minimum absolute atomic E-state index is 0.458. The predicted octanol–water partition coefficient (Wildman–Crippen LogP) is 1.39. The molecule has 2 saturated heterocycles. The molecule has 1 N–H and O–H groups in total. The van der Waals surface area contributed by atoms with Gasteiger partial charge in [-0.3, -0.25) is 4.99 Å². The second-order valence-corrected chi connectivity index (χ2v) is 5.86. The minimum Gasteiger partial charge on any atom is -0.373 e. The van der Waals surface area contributed by atoms with Gasteiger partial charge in [0, 0.05) is 5.25 Å². The van der Waals surface area contributed by atoms with Crippen LogP contribution in [0.5, 0.6) is 0 Å². The first kappa shape index (κ1) is 9.04. The highest BCUT2D eigenvalue weighted by Gasteiger charge is 2.41. The predicted molar refractivity (Wildman–Crippen MR) is 58.8 cm³/mol. The van der Waals surface area contributed by atoms with E-state index in [-0.39, 0.29) is 0 Å². The lowest BCUT2D eigenvalue weighted by Crippen LogP contribution is -2.39. The van der Waals surface area contributed by atoms with Crippen LogP contribution in [0.2, 0.25) is 0 Å². The Morgan fingerprint density at radius 3 is 3.00 bits per heavy atom. The van der Waals surface area contributed by atoms with Gasteiger partial charge in [-0.1, -0.05) is 18.7 Å². The number of hydrogen-bond acceptors (Lipinski definition) is 4. The first-order chi connectivity index (χ1) is 6.81. The fourth-order valence-corrected chi connectivity index (χ4v) is 3.40. The van der Waals surface area contributed by atoms with Crippen LogP contribution in [0, 0.1) is 0 Å². The number of thioether (sulfide) groups is 1. The first-order valence-corrected chi connectivity index (χ1v) is 6.32. The summed E-state index contributed by atoms with van der Waals surface area (Å²) >= 11 is 1.86. The number of hydrogen-bond donors (Lipinski definition) is 1. The Kier molecular flexibility index (Phi) is 2.21. The lowest BCUT2D eigenvalue weighted by Gasteiger charge is -2.20. The third kappa shape index (κ3) is 1.54. The zero-order valence-corrected chi connectivity index (χ0v) is 9.22. The van der Waals surface area contributed by atoms with Gasteiger partial charge >= 0.3 is 0 Å². The highest BCUT2D eigenvalue weighted by molar-refractivity contribution is 8.14. The number of rotatable bonds is 1. The van der Waals surface area contributed by atoms with Gasteiger partial charge < -0.3 is 10.1 Å². The number of nitrogens with zero attached hydrogens (tertiary/aromatic N) is 1. The van der Waals surface area contributed by atoms with Gasteiger partial charge in [0.2, 0.25) is 0 Å². The summed E-state index contributed by atoms with van der Waals surface area (Å²) in [6, 6.07) is 0.533. The lowest BCUT2D eigenvalue weighted by molar-refractivity contribution is 0.0994. The van der Waals surface area contributed by atoms with Gasteiger partial charge in [0.15, 0.2) is 5.17 Å². The van der Waals surface area contributed by atoms with E-state index in [1.54, 1.807) is 0 Å². The number of ether oxygens (including phenoxy) is 1. The second-order valence-electron chi connectivity index (χ2n) is 4.43. The zero-order valence-electron chi connectivity index (χ0n) is 8.40. The van der Waals surface area contributed by atoms with E-state index >= 15 is 0 Å². The fourth-order valence-electron chi connectivity index (χ4n) is 2.50. The van der Waals surface area contributed by atoms with Crippen LogP contribution >= 0.6 is 11.8 Å². The normalized spacial score (nSPS) is 45.6. The number of amidine groups is 1. The molecule has 0 aromatic heterocycles. The molecule has 3 nitrogen and oxygen atoms in total. The minimum atomic E-state index is 0.458. The molecule has 3 heterocycles. The third-order valence-electron chi connectivity index (χ3n) is 3.22. The van der Waals surface area contributed by atoms with Crippen molar-refractivity contribution in [3.63, 3.8) is 0 Å². The number of nitrogens with one attached hydrogen (secondary N) is 1. The lowest BCUT2D eigenvalue weighted by atomic mass is 9.96. The molecule has 0 amide bonds. The molecule has 0 radical (unpaired) electrons. The van der Waals surface area contributed by atoms with Crippen molar-refractivity contribution in [2.45, 2.75) is 49.7 Å². The van der Waals surface area contributed by atoms with Crippen molar-refractivity contribution in [1.29, 1.82) is 0 Å². The summed E-state index contributed by atoms with van der Waals surface area (Å²) in [5.41, 5.74) is 0. The van der Waals surface area contributed by atoms with E-state index in [2.05, 4.69) is 17.2 Å². The molecule has 2 fully saturated rings. The van der Waals surface area contributed by atoms with Crippen molar-refractivity contribution in [2.24, 2.45) is 4.99 Å². The summed E-state index contributed by atoms with van der Waals surface area (Å²) in [7, 11) is 0. The molecule has 4 heteroatoms. The van der Waals surface area contributed by atoms with E-state index < -0.39 is 0 Å². The summed E-state index contributed by atoms with van der Waals surface area (Å²) in [5, 5.41) is 5.32. The van der Waals surface area contributed by atoms with Crippen molar-refractivity contribution in [1.82, 2.24) is 5.32 Å². The Hall–Kier alpha value is -0.220. The quantitative estimate of drug-likeness (QED) is 0.713. The van der Waals surface area contributed by atoms with Crippen molar-refractivity contribution in [2.75, 3.05) is 6.54 Å². The van der Waals surface area contributed by atoms with E-state index in [0.717, 1.165) is 11.7 Å². The third-order valence-corrected chi connectivity index (χ3v) is 4.24. The number of fused-ring (bicyclic) bond motifs is 2. The first-order valence-electron chi connectivity index (χ1n) is 5.44. The van der Waals surface area contributed by atoms with E-state index in [9.17, 15) is 0 Å². The Bertz CT molecular complexity index is 269. The van der Waals surface area contributed by atoms with Crippen molar-refractivity contribution in [3.8, 4) is 0 Å². The van der Waals surface area contributed by atoms with Gasteiger partial charge in [-0.15, -0.1) is 0 Å². The molecule has 0 saturated carbocycles. The van der Waals surface area contributed by atoms with Crippen molar-refractivity contribution >= 4 is 16.9 Å².